The van der Waals surface area contributed by atoms with Gasteiger partial charge in [0.25, 0.3) is 0 Å². The zero-order chi connectivity index (χ0) is 23.3. The maximum Gasteiger partial charge on any atom is 0.414 e. The van der Waals surface area contributed by atoms with Crippen LogP contribution in [0.2, 0.25) is 25.7 Å². The predicted octanol–water partition coefficient (Wildman–Crippen LogP) is 2.89. The van der Waals surface area contributed by atoms with E-state index >= 15 is 0 Å². The lowest BCUT2D eigenvalue weighted by molar-refractivity contribution is -0.119. The second kappa shape index (κ2) is 10.1. The smallest absolute Gasteiger partial charge is 0.414 e. The molecule has 1 N–H and O–H groups in total. The minimum atomic E-state index is -1.18. The number of amides is 2. The van der Waals surface area contributed by atoms with Crippen molar-refractivity contribution in [3.63, 3.8) is 0 Å². The van der Waals surface area contributed by atoms with E-state index in [2.05, 4.69) is 29.9 Å². The summed E-state index contributed by atoms with van der Waals surface area (Å²) < 4.78 is 12.7. The van der Waals surface area contributed by atoms with Crippen molar-refractivity contribution in [2.45, 2.75) is 45.4 Å². The molecule has 2 aromatic rings. The summed E-state index contributed by atoms with van der Waals surface area (Å²) >= 11 is 0. The van der Waals surface area contributed by atoms with Crippen LogP contribution in [-0.4, -0.2) is 61.2 Å². The molecular formula is C22H30N4O5Si. The molecule has 1 fully saturated rings. The van der Waals surface area contributed by atoms with Crippen molar-refractivity contribution in [1.29, 1.82) is 0 Å². The minimum absolute atomic E-state index is 0.179. The lowest BCUT2D eigenvalue weighted by Crippen LogP contribution is -2.33. The van der Waals surface area contributed by atoms with Gasteiger partial charge < -0.3 is 19.4 Å². The summed E-state index contributed by atoms with van der Waals surface area (Å²) in [5, 5.41) is 2.65. The Kier molecular flexibility index (Phi) is 7.47. The first kappa shape index (κ1) is 23.7. The van der Waals surface area contributed by atoms with E-state index in [0.29, 0.717) is 30.2 Å². The van der Waals surface area contributed by atoms with E-state index in [4.69, 9.17) is 9.47 Å². The SMILES string of the molecule is CC(=O)NC[C@H]1CN(c2ccc(C(=O)c3nccn3COCC[Si](C)(C)C)cc2)C(=O)O1. The van der Waals surface area contributed by atoms with Gasteiger partial charge in [-0.3, -0.25) is 14.5 Å². The number of aromatic nitrogens is 2. The highest BCUT2D eigenvalue weighted by Gasteiger charge is 2.32. The summed E-state index contributed by atoms with van der Waals surface area (Å²) in [5.41, 5.74) is 1.08. The lowest BCUT2D eigenvalue weighted by atomic mass is 10.1. The Morgan fingerprint density at radius 3 is 2.62 bits per heavy atom. The molecule has 0 radical (unpaired) electrons. The van der Waals surface area contributed by atoms with Crippen LogP contribution in [0.4, 0.5) is 10.5 Å². The molecule has 0 aliphatic carbocycles. The monoisotopic (exact) mass is 458 g/mol. The molecule has 3 rings (SSSR count). The van der Waals surface area contributed by atoms with Crippen molar-refractivity contribution < 1.29 is 23.9 Å². The maximum atomic E-state index is 12.9. The van der Waals surface area contributed by atoms with Gasteiger partial charge in [0, 0.05) is 45.2 Å². The number of nitrogens with one attached hydrogen (secondary N) is 1. The Balaban J connectivity index is 1.61. The molecule has 172 valence electrons. The van der Waals surface area contributed by atoms with Crippen molar-refractivity contribution in [3.8, 4) is 0 Å². The number of anilines is 1. The average molecular weight is 459 g/mol. The molecule has 9 nitrogen and oxygen atoms in total. The topological polar surface area (TPSA) is 103 Å². The second-order valence-corrected chi connectivity index (χ2v) is 14.6. The second-order valence-electron chi connectivity index (χ2n) is 9.00. The fourth-order valence-electron chi connectivity index (χ4n) is 3.18. The fraction of sp³-hybridized carbons (Fsp3) is 0.455. The normalized spacial score (nSPS) is 16.2. The Bertz CT molecular complexity index is 967. The number of benzene rings is 1. The highest BCUT2D eigenvalue weighted by atomic mass is 28.3. The van der Waals surface area contributed by atoms with Crippen molar-refractivity contribution in [1.82, 2.24) is 14.9 Å². The van der Waals surface area contributed by atoms with Gasteiger partial charge >= 0.3 is 6.09 Å². The van der Waals surface area contributed by atoms with Crippen LogP contribution in [0.3, 0.4) is 0 Å². The number of hydrogen-bond donors (Lipinski definition) is 1. The third-order valence-corrected chi connectivity index (χ3v) is 6.74. The number of cyclic esters (lactones) is 1. The molecule has 0 saturated carbocycles. The molecule has 2 heterocycles. The molecule has 10 heteroatoms. The molecular weight excluding hydrogens is 428 g/mol. The zero-order valence-corrected chi connectivity index (χ0v) is 20.0. The first-order valence-corrected chi connectivity index (χ1v) is 14.3. The Labute approximate surface area is 188 Å². The number of imidazole rings is 1. The third kappa shape index (κ3) is 6.27. The van der Waals surface area contributed by atoms with Crippen LogP contribution < -0.4 is 10.2 Å². The zero-order valence-electron chi connectivity index (χ0n) is 19.0. The fourth-order valence-corrected chi connectivity index (χ4v) is 3.94. The quantitative estimate of drug-likeness (QED) is 0.334. The van der Waals surface area contributed by atoms with Crippen molar-refractivity contribution >= 4 is 31.5 Å². The van der Waals surface area contributed by atoms with Crippen LogP contribution in [0.1, 0.15) is 23.1 Å². The van der Waals surface area contributed by atoms with Gasteiger partial charge in [0.15, 0.2) is 5.82 Å². The van der Waals surface area contributed by atoms with E-state index in [1.807, 2.05) is 0 Å². The molecule has 0 unspecified atom stereocenters. The Hall–Kier alpha value is -2.98. The Morgan fingerprint density at radius 1 is 1.25 bits per heavy atom. The minimum Gasteiger partial charge on any atom is -0.442 e. The molecule has 32 heavy (non-hydrogen) atoms. The molecule has 1 atom stereocenters. The van der Waals surface area contributed by atoms with Crippen molar-refractivity contribution in [3.05, 3.63) is 48.0 Å². The number of hydrogen-bond acceptors (Lipinski definition) is 6. The highest BCUT2D eigenvalue weighted by Crippen LogP contribution is 2.23. The predicted molar refractivity (Wildman–Crippen MR) is 123 cm³/mol. The van der Waals surface area contributed by atoms with Crippen LogP contribution in [0.5, 0.6) is 0 Å². The van der Waals surface area contributed by atoms with Crippen molar-refractivity contribution in [2.75, 3.05) is 24.6 Å². The summed E-state index contributed by atoms with van der Waals surface area (Å²) in [6.45, 7) is 9.80. The van der Waals surface area contributed by atoms with Crippen LogP contribution in [0, 0.1) is 0 Å². The largest absolute Gasteiger partial charge is 0.442 e. The summed E-state index contributed by atoms with van der Waals surface area (Å²) in [4.78, 5) is 41.8. The van der Waals surface area contributed by atoms with Gasteiger partial charge in [0.1, 0.15) is 12.8 Å². The van der Waals surface area contributed by atoms with Crippen LogP contribution >= 0.6 is 0 Å². The number of carbonyl (C=O) groups is 3. The Morgan fingerprint density at radius 2 is 1.97 bits per heavy atom. The average Bonchev–Trinajstić information content (AvgIpc) is 3.35. The van der Waals surface area contributed by atoms with E-state index in [9.17, 15) is 14.4 Å². The molecule has 1 aromatic heterocycles. The molecule has 0 bridgehead atoms. The first-order chi connectivity index (χ1) is 15.1. The van der Waals surface area contributed by atoms with Gasteiger partial charge in [-0.1, -0.05) is 19.6 Å². The van der Waals surface area contributed by atoms with E-state index in [1.165, 1.54) is 11.8 Å². The summed E-state index contributed by atoms with van der Waals surface area (Å²) in [7, 11) is -1.18. The van der Waals surface area contributed by atoms with Gasteiger partial charge in [-0.25, -0.2) is 9.78 Å². The summed E-state index contributed by atoms with van der Waals surface area (Å²) in [6, 6.07) is 7.78. The third-order valence-electron chi connectivity index (χ3n) is 5.04. The van der Waals surface area contributed by atoms with Gasteiger partial charge in [-0.15, -0.1) is 0 Å². The van der Waals surface area contributed by atoms with Gasteiger partial charge in [-0.2, -0.15) is 0 Å². The van der Waals surface area contributed by atoms with Gasteiger partial charge in [-0.05, 0) is 30.3 Å². The number of ether oxygens (including phenoxy) is 2. The van der Waals surface area contributed by atoms with E-state index in [1.54, 1.807) is 41.2 Å². The molecule has 1 saturated heterocycles. The number of nitrogens with zero attached hydrogens (tertiary/aromatic N) is 3. The first-order valence-electron chi connectivity index (χ1n) is 10.6. The maximum absolute atomic E-state index is 12.9. The number of carbonyl (C=O) groups excluding carboxylic acids is 3. The van der Waals surface area contributed by atoms with Gasteiger partial charge in [0.05, 0.1) is 13.1 Å². The highest BCUT2D eigenvalue weighted by molar-refractivity contribution is 6.76. The van der Waals surface area contributed by atoms with E-state index in [0.717, 1.165) is 6.04 Å². The number of ketones is 1. The van der Waals surface area contributed by atoms with E-state index in [-0.39, 0.29) is 25.0 Å². The standard InChI is InChI=1S/C22H30N4O5Si/c1-16(27)24-13-19-14-26(22(29)31-19)18-7-5-17(6-8-18)20(28)21-23-9-10-25(21)15-30-11-12-32(2,3)4/h5-10,19H,11-15H2,1-4H3,(H,24,27)/t19-/m0/s1. The van der Waals surface area contributed by atoms with Gasteiger partial charge in [0.2, 0.25) is 11.7 Å². The van der Waals surface area contributed by atoms with Crippen LogP contribution in [0.25, 0.3) is 0 Å². The molecule has 2 amide bonds. The summed E-state index contributed by atoms with van der Waals surface area (Å²) in [5.74, 6) is -0.0910. The van der Waals surface area contributed by atoms with E-state index < -0.39 is 20.3 Å². The molecule has 1 aliphatic heterocycles. The molecule has 1 aliphatic rings. The van der Waals surface area contributed by atoms with Crippen molar-refractivity contribution in [2.24, 2.45) is 0 Å². The molecule has 0 spiro atoms. The number of rotatable bonds is 10. The molecule has 1 aromatic carbocycles. The summed E-state index contributed by atoms with van der Waals surface area (Å²) in [6.07, 6.45) is 2.41. The van der Waals surface area contributed by atoms with Crippen LogP contribution in [-0.2, 0) is 21.0 Å². The lowest BCUT2D eigenvalue weighted by Gasteiger charge is -2.16. The van der Waals surface area contributed by atoms with Crippen LogP contribution in [0.15, 0.2) is 36.7 Å².